The molecule has 0 aliphatic carbocycles. The lowest BCUT2D eigenvalue weighted by atomic mass is 10.2. The largest absolute Gasteiger partial charge is 0.497 e. The first-order valence-electron chi connectivity index (χ1n) is 7.90. The zero-order valence-electron chi connectivity index (χ0n) is 14.1. The number of nitrogens with one attached hydrogen (secondary N) is 2. The Morgan fingerprint density at radius 2 is 1.92 bits per heavy atom. The van der Waals surface area contributed by atoms with Crippen molar-refractivity contribution in [3.63, 3.8) is 0 Å². The SMILES string of the molecule is COc1cccc(Nc2cc(C(=O)NCc3ccc(F)cc3)ncn2)c1. The Labute approximate surface area is 150 Å². The van der Waals surface area contributed by atoms with E-state index in [0.29, 0.717) is 11.6 Å². The number of hydrogen-bond donors (Lipinski definition) is 2. The van der Waals surface area contributed by atoms with E-state index in [2.05, 4.69) is 20.6 Å². The van der Waals surface area contributed by atoms with Crippen LogP contribution in [0.4, 0.5) is 15.9 Å². The second-order valence-corrected chi connectivity index (χ2v) is 5.45. The number of nitrogens with zero attached hydrogens (tertiary/aromatic N) is 2. The van der Waals surface area contributed by atoms with Crippen LogP contribution in [0.25, 0.3) is 0 Å². The van der Waals surface area contributed by atoms with E-state index in [1.54, 1.807) is 25.3 Å². The topological polar surface area (TPSA) is 76.1 Å². The summed E-state index contributed by atoms with van der Waals surface area (Å²) in [4.78, 5) is 20.4. The third-order valence-electron chi connectivity index (χ3n) is 3.61. The van der Waals surface area contributed by atoms with Crippen LogP contribution < -0.4 is 15.4 Å². The van der Waals surface area contributed by atoms with Gasteiger partial charge in [0.05, 0.1) is 7.11 Å². The molecule has 26 heavy (non-hydrogen) atoms. The molecule has 6 nitrogen and oxygen atoms in total. The molecule has 0 bridgehead atoms. The molecule has 3 rings (SSSR count). The number of anilines is 2. The van der Waals surface area contributed by atoms with Crippen LogP contribution in [-0.2, 0) is 6.54 Å². The first-order valence-corrected chi connectivity index (χ1v) is 7.90. The van der Waals surface area contributed by atoms with Gasteiger partial charge in [0.1, 0.15) is 29.4 Å². The van der Waals surface area contributed by atoms with Gasteiger partial charge in [0.2, 0.25) is 0 Å². The van der Waals surface area contributed by atoms with Gasteiger partial charge in [0.25, 0.3) is 5.91 Å². The van der Waals surface area contributed by atoms with E-state index in [1.807, 2.05) is 24.3 Å². The fourth-order valence-corrected chi connectivity index (χ4v) is 2.27. The summed E-state index contributed by atoms with van der Waals surface area (Å²) < 4.78 is 18.1. The summed E-state index contributed by atoms with van der Waals surface area (Å²) in [5.41, 5.74) is 1.80. The summed E-state index contributed by atoms with van der Waals surface area (Å²) in [5.74, 6) is 0.538. The van der Waals surface area contributed by atoms with Crippen LogP contribution in [0.15, 0.2) is 60.9 Å². The van der Waals surface area contributed by atoms with E-state index in [9.17, 15) is 9.18 Å². The van der Waals surface area contributed by atoms with Gasteiger partial charge in [-0.3, -0.25) is 4.79 Å². The Kier molecular flexibility index (Phi) is 5.38. The molecule has 0 atom stereocenters. The summed E-state index contributed by atoms with van der Waals surface area (Å²) >= 11 is 0. The molecular formula is C19H17FN4O2. The number of ether oxygens (including phenoxy) is 1. The van der Waals surface area contributed by atoms with Gasteiger partial charge < -0.3 is 15.4 Å². The molecular weight excluding hydrogens is 335 g/mol. The molecule has 0 unspecified atom stereocenters. The third-order valence-corrected chi connectivity index (χ3v) is 3.61. The number of rotatable bonds is 6. The Balaban J connectivity index is 1.65. The predicted molar refractivity (Wildman–Crippen MR) is 95.9 cm³/mol. The molecule has 1 aromatic heterocycles. The molecule has 1 amide bonds. The summed E-state index contributed by atoms with van der Waals surface area (Å²) in [6.45, 7) is 0.280. The quantitative estimate of drug-likeness (QED) is 0.712. The van der Waals surface area contributed by atoms with Crippen molar-refractivity contribution >= 4 is 17.4 Å². The van der Waals surface area contributed by atoms with Crippen LogP contribution in [0.1, 0.15) is 16.1 Å². The number of hydrogen-bond acceptors (Lipinski definition) is 5. The van der Waals surface area contributed by atoms with Crippen LogP contribution >= 0.6 is 0 Å². The Morgan fingerprint density at radius 3 is 2.69 bits per heavy atom. The van der Waals surface area contributed by atoms with E-state index in [1.165, 1.54) is 18.5 Å². The van der Waals surface area contributed by atoms with Crippen LogP contribution in [0.2, 0.25) is 0 Å². The second-order valence-electron chi connectivity index (χ2n) is 5.45. The van der Waals surface area contributed by atoms with Crippen LogP contribution in [0.5, 0.6) is 5.75 Å². The van der Waals surface area contributed by atoms with Crippen LogP contribution in [-0.4, -0.2) is 23.0 Å². The highest BCUT2D eigenvalue weighted by atomic mass is 19.1. The number of carbonyl (C=O) groups excluding carboxylic acids is 1. The first-order chi connectivity index (χ1) is 12.6. The lowest BCUT2D eigenvalue weighted by molar-refractivity contribution is 0.0946. The normalized spacial score (nSPS) is 10.2. The average molecular weight is 352 g/mol. The molecule has 0 aliphatic heterocycles. The molecule has 1 heterocycles. The minimum absolute atomic E-state index is 0.229. The molecule has 0 spiro atoms. The minimum atomic E-state index is -0.342. The van der Waals surface area contributed by atoms with Crippen LogP contribution in [0, 0.1) is 5.82 Å². The highest BCUT2D eigenvalue weighted by molar-refractivity contribution is 5.92. The molecule has 0 fully saturated rings. The van der Waals surface area contributed by atoms with Crippen LogP contribution in [0.3, 0.4) is 0 Å². The fourth-order valence-electron chi connectivity index (χ4n) is 2.27. The van der Waals surface area contributed by atoms with Gasteiger partial charge in [0.15, 0.2) is 0 Å². The number of benzene rings is 2. The van der Waals surface area contributed by atoms with E-state index >= 15 is 0 Å². The van der Waals surface area contributed by atoms with Gasteiger partial charge in [-0.2, -0.15) is 0 Å². The van der Waals surface area contributed by atoms with Crippen molar-refractivity contribution in [1.82, 2.24) is 15.3 Å². The second kappa shape index (κ2) is 8.06. The van der Waals surface area contributed by atoms with Gasteiger partial charge in [0, 0.05) is 24.4 Å². The summed E-state index contributed by atoms with van der Waals surface area (Å²) in [7, 11) is 1.59. The van der Waals surface area contributed by atoms with Gasteiger partial charge in [-0.05, 0) is 29.8 Å². The lowest BCUT2D eigenvalue weighted by Crippen LogP contribution is -2.24. The van der Waals surface area contributed by atoms with Gasteiger partial charge in [-0.1, -0.05) is 18.2 Å². The molecule has 2 aromatic carbocycles. The maximum absolute atomic E-state index is 12.9. The maximum atomic E-state index is 12.9. The standard InChI is InChI=1S/C19H17FN4O2/c1-26-16-4-2-3-15(9-16)24-18-10-17(22-12-23-18)19(25)21-11-13-5-7-14(20)8-6-13/h2-10,12H,11H2,1H3,(H,21,25)(H,22,23,24). The van der Waals surface area contributed by atoms with E-state index in [-0.39, 0.29) is 24.0 Å². The number of carbonyl (C=O) groups is 1. The molecule has 2 N–H and O–H groups in total. The number of halogens is 1. The smallest absolute Gasteiger partial charge is 0.270 e. The van der Waals surface area contributed by atoms with Gasteiger partial charge in [-0.15, -0.1) is 0 Å². The summed E-state index contributed by atoms with van der Waals surface area (Å²) in [5, 5.41) is 5.85. The highest BCUT2D eigenvalue weighted by Gasteiger charge is 2.09. The van der Waals surface area contributed by atoms with Crippen molar-refractivity contribution in [3.8, 4) is 5.75 Å². The monoisotopic (exact) mass is 352 g/mol. The van der Waals surface area contributed by atoms with Crippen molar-refractivity contribution in [2.75, 3.05) is 12.4 Å². The van der Waals surface area contributed by atoms with Crippen molar-refractivity contribution in [2.24, 2.45) is 0 Å². The molecule has 132 valence electrons. The molecule has 0 radical (unpaired) electrons. The zero-order chi connectivity index (χ0) is 18.4. The average Bonchev–Trinajstić information content (AvgIpc) is 2.67. The molecule has 0 aliphatic rings. The maximum Gasteiger partial charge on any atom is 0.270 e. The lowest BCUT2D eigenvalue weighted by Gasteiger charge is -2.09. The zero-order valence-corrected chi connectivity index (χ0v) is 14.1. The third kappa shape index (κ3) is 4.54. The Morgan fingerprint density at radius 1 is 1.12 bits per heavy atom. The number of methoxy groups -OCH3 is 1. The van der Waals surface area contributed by atoms with Crippen molar-refractivity contribution in [3.05, 3.63) is 78.0 Å². The van der Waals surface area contributed by atoms with Gasteiger partial charge in [-0.25, -0.2) is 14.4 Å². The van der Waals surface area contributed by atoms with E-state index < -0.39 is 0 Å². The predicted octanol–water partition coefficient (Wildman–Crippen LogP) is 3.30. The molecule has 0 saturated carbocycles. The van der Waals surface area contributed by atoms with Gasteiger partial charge >= 0.3 is 0 Å². The summed E-state index contributed by atoms with van der Waals surface area (Å²) in [6.07, 6.45) is 1.31. The fraction of sp³-hybridized carbons (Fsp3) is 0.105. The number of aromatic nitrogens is 2. The van der Waals surface area contributed by atoms with E-state index in [0.717, 1.165) is 11.3 Å². The molecule has 3 aromatic rings. The Bertz CT molecular complexity index is 900. The Hall–Kier alpha value is -3.48. The van der Waals surface area contributed by atoms with Crippen molar-refractivity contribution in [1.29, 1.82) is 0 Å². The number of amides is 1. The van der Waals surface area contributed by atoms with Crippen molar-refractivity contribution in [2.45, 2.75) is 6.54 Å². The van der Waals surface area contributed by atoms with E-state index in [4.69, 9.17) is 4.74 Å². The summed E-state index contributed by atoms with van der Waals surface area (Å²) in [6, 6.07) is 14.8. The highest BCUT2D eigenvalue weighted by Crippen LogP contribution is 2.20. The minimum Gasteiger partial charge on any atom is -0.497 e. The molecule has 7 heteroatoms. The first kappa shape index (κ1) is 17.3. The molecule has 0 saturated heterocycles. The van der Waals surface area contributed by atoms with Crippen molar-refractivity contribution < 1.29 is 13.9 Å².